The van der Waals surface area contributed by atoms with Gasteiger partial charge in [0.2, 0.25) is 5.91 Å². The normalized spacial score (nSPS) is 12.7. The molecule has 0 fully saturated rings. The van der Waals surface area contributed by atoms with Crippen LogP contribution in [0.3, 0.4) is 0 Å². The molecule has 0 heterocycles. The maximum absolute atomic E-state index is 11.3. The average Bonchev–Trinajstić information content (AvgIpc) is 2.22. The van der Waals surface area contributed by atoms with Crippen molar-refractivity contribution in [1.29, 1.82) is 0 Å². The number of hydrogen-bond acceptors (Lipinski definition) is 5. The highest BCUT2D eigenvalue weighted by atomic mass is 32.2. The van der Waals surface area contributed by atoms with Gasteiger partial charge >= 0.3 is 5.97 Å². The third-order valence-electron chi connectivity index (χ3n) is 1.98. The van der Waals surface area contributed by atoms with E-state index in [1.54, 1.807) is 6.08 Å². The Morgan fingerprint density at radius 1 is 1.44 bits per heavy atom. The molecule has 1 atom stereocenters. The Morgan fingerprint density at radius 3 is 2.50 bits per heavy atom. The largest absolute Gasteiger partial charge is 0.480 e. The first kappa shape index (κ1) is 16.6. The van der Waals surface area contributed by atoms with E-state index in [1.807, 2.05) is 0 Å². The molecule has 0 aliphatic heterocycles. The van der Waals surface area contributed by atoms with Gasteiger partial charge in [0.15, 0.2) is 0 Å². The van der Waals surface area contributed by atoms with Crippen LogP contribution in [0, 0.1) is 0 Å². The minimum atomic E-state index is -3.25. The number of sulfone groups is 1. The fraction of sp³-hybridized carbons (Fsp3) is 0.600. The molecule has 104 valence electrons. The first-order valence-electron chi connectivity index (χ1n) is 5.27. The van der Waals surface area contributed by atoms with E-state index in [0.717, 1.165) is 6.26 Å². The molecule has 0 rings (SSSR count). The second kappa shape index (κ2) is 7.83. The van der Waals surface area contributed by atoms with Gasteiger partial charge in [-0.25, -0.2) is 13.2 Å². The predicted octanol–water partition coefficient (Wildman–Crippen LogP) is -1.23. The molecule has 3 N–H and O–H groups in total. The van der Waals surface area contributed by atoms with Crippen LogP contribution in [0.2, 0.25) is 0 Å². The van der Waals surface area contributed by atoms with Gasteiger partial charge in [-0.1, -0.05) is 6.08 Å². The lowest BCUT2D eigenvalue weighted by Crippen LogP contribution is -2.45. The molecule has 0 bridgehead atoms. The summed E-state index contributed by atoms with van der Waals surface area (Å²) in [6.07, 6.45) is 2.42. The smallest absolute Gasteiger partial charge is 0.326 e. The third-order valence-corrected chi connectivity index (χ3v) is 2.96. The molecule has 0 aliphatic rings. The van der Waals surface area contributed by atoms with Gasteiger partial charge in [-0.15, -0.1) is 6.58 Å². The fourth-order valence-corrected chi connectivity index (χ4v) is 1.79. The molecule has 0 aromatic heterocycles. The number of carbonyl (C=O) groups is 2. The number of hydrogen-bond donors (Lipinski definition) is 3. The molecule has 1 unspecified atom stereocenters. The summed E-state index contributed by atoms with van der Waals surface area (Å²) in [5, 5.41) is 13.8. The van der Waals surface area contributed by atoms with E-state index in [4.69, 9.17) is 5.11 Å². The molecular weight excluding hydrogens is 260 g/mol. The zero-order valence-corrected chi connectivity index (χ0v) is 11.0. The highest BCUT2D eigenvalue weighted by Gasteiger charge is 2.21. The van der Waals surface area contributed by atoms with E-state index >= 15 is 0 Å². The summed E-state index contributed by atoms with van der Waals surface area (Å²) in [5.74, 6) is -2.04. The Hall–Kier alpha value is -1.41. The fourth-order valence-electron chi connectivity index (χ4n) is 1.12. The Labute approximate surface area is 106 Å². The molecule has 18 heavy (non-hydrogen) atoms. The molecule has 1 amide bonds. The molecule has 0 aromatic rings. The van der Waals surface area contributed by atoms with Crippen LogP contribution in [-0.4, -0.2) is 56.5 Å². The van der Waals surface area contributed by atoms with Crippen molar-refractivity contribution in [2.24, 2.45) is 0 Å². The first-order chi connectivity index (χ1) is 8.26. The second-order valence-corrected chi connectivity index (χ2v) is 6.06. The van der Waals surface area contributed by atoms with Gasteiger partial charge in [0.25, 0.3) is 0 Å². The molecule has 0 spiro atoms. The van der Waals surface area contributed by atoms with E-state index < -0.39 is 27.8 Å². The Bertz CT molecular complexity index is 404. The lowest BCUT2D eigenvalue weighted by molar-refractivity contribution is -0.141. The highest BCUT2D eigenvalue weighted by Crippen LogP contribution is 1.97. The number of carboxylic acids is 1. The summed E-state index contributed by atoms with van der Waals surface area (Å²) >= 11 is 0. The van der Waals surface area contributed by atoms with Gasteiger partial charge in [0.1, 0.15) is 15.9 Å². The van der Waals surface area contributed by atoms with E-state index in [9.17, 15) is 18.0 Å². The van der Waals surface area contributed by atoms with Crippen LogP contribution in [0.25, 0.3) is 0 Å². The van der Waals surface area contributed by atoms with Gasteiger partial charge in [-0.3, -0.25) is 4.79 Å². The SMILES string of the molecule is C=CCNCC(=O)NC(CCS(C)(=O)=O)C(=O)O. The van der Waals surface area contributed by atoms with Crippen molar-refractivity contribution in [2.45, 2.75) is 12.5 Å². The first-order valence-corrected chi connectivity index (χ1v) is 7.34. The van der Waals surface area contributed by atoms with Crippen molar-refractivity contribution < 1.29 is 23.1 Å². The lowest BCUT2D eigenvalue weighted by atomic mass is 10.2. The molecule has 0 radical (unpaired) electrons. The number of amides is 1. The maximum atomic E-state index is 11.3. The standard InChI is InChI=1S/C10H18N2O5S/c1-3-5-11-7-9(13)12-8(10(14)15)4-6-18(2,16)17/h3,8,11H,1,4-7H2,2H3,(H,12,13)(H,14,15). The third kappa shape index (κ3) is 8.71. The molecule has 8 heteroatoms. The van der Waals surface area contributed by atoms with Crippen molar-refractivity contribution >= 4 is 21.7 Å². The van der Waals surface area contributed by atoms with E-state index in [1.165, 1.54) is 0 Å². The molecule has 0 saturated heterocycles. The van der Waals surface area contributed by atoms with Crippen LogP contribution >= 0.6 is 0 Å². The van der Waals surface area contributed by atoms with E-state index in [0.29, 0.717) is 6.54 Å². The van der Waals surface area contributed by atoms with Gasteiger partial charge in [0, 0.05) is 12.8 Å². The minimum absolute atomic E-state index is 0.0469. The van der Waals surface area contributed by atoms with Gasteiger partial charge < -0.3 is 15.7 Å². The lowest BCUT2D eigenvalue weighted by Gasteiger charge is -2.14. The van der Waals surface area contributed by atoms with Crippen LogP contribution in [0.4, 0.5) is 0 Å². The summed E-state index contributed by atoms with van der Waals surface area (Å²) in [5.41, 5.74) is 0. The predicted molar refractivity (Wildman–Crippen MR) is 67.0 cm³/mol. The highest BCUT2D eigenvalue weighted by molar-refractivity contribution is 7.90. The molecule has 0 aliphatic carbocycles. The van der Waals surface area contributed by atoms with Crippen LogP contribution in [0.1, 0.15) is 6.42 Å². The van der Waals surface area contributed by atoms with Crippen LogP contribution in [0.5, 0.6) is 0 Å². The maximum Gasteiger partial charge on any atom is 0.326 e. The van der Waals surface area contributed by atoms with Gasteiger partial charge in [-0.05, 0) is 6.42 Å². The Balaban J connectivity index is 4.23. The summed E-state index contributed by atoms with van der Waals surface area (Å²) in [7, 11) is -3.25. The van der Waals surface area contributed by atoms with E-state index in [-0.39, 0.29) is 18.7 Å². The number of rotatable bonds is 9. The summed E-state index contributed by atoms with van der Waals surface area (Å²) in [6, 6.07) is -1.20. The molecule has 7 nitrogen and oxygen atoms in total. The Morgan fingerprint density at radius 2 is 2.06 bits per heavy atom. The van der Waals surface area contributed by atoms with E-state index in [2.05, 4.69) is 17.2 Å². The number of carbonyl (C=O) groups excluding carboxylic acids is 1. The van der Waals surface area contributed by atoms with Crippen molar-refractivity contribution in [2.75, 3.05) is 25.1 Å². The van der Waals surface area contributed by atoms with Crippen molar-refractivity contribution in [3.63, 3.8) is 0 Å². The van der Waals surface area contributed by atoms with Crippen LogP contribution < -0.4 is 10.6 Å². The quantitative estimate of drug-likeness (QED) is 0.359. The van der Waals surface area contributed by atoms with Crippen molar-refractivity contribution in [3.05, 3.63) is 12.7 Å². The number of carboxylic acid groups (broad SMARTS) is 1. The average molecular weight is 278 g/mol. The van der Waals surface area contributed by atoms with Gasteiger partial charge in [-0.2, -0.15) is 0 Å². The monoisotopic (exact) mass is 278 g/mol. The van der Waals surface area contributed by atoms with Crippen molar-refractivity contribution in [3.8, 4) is 0 Å². The zero-order valence-electron chi connectivity index (χ0n) is 10.2. The summed E-state index contributed by atoms with van der Waals surface area (Å²) < 4.78 is 21.9. The topological polar surface area (TPSA) is 113 Å². The molecular formula is C10H18N2O5S. The van der Waals surface area contributed by atoms with Crippen LogP contribution in [-0.2, 0) is 19.4 Å². The molecule has 0 saturated carbocycles. The summed E-state index contributed by atoms with van der Waals surface area (Å²) in [4.78, 5) is 22.2. The second-order valence-electron chi connectivity index (χ2n) is 3.80. The number of aliphatic carboxylic acids is 1. The summed E-state index contributed by atoms with van der Waals surface area (Å²) in [6.45, 7) is 3.83. The van der Waals surface area contributed by atoms with Gasteiger partial charge in [0.05, 0.1) is 12.3 Å². The Kier molecular flexibility index (Phi) is 7.21. The van der Waals surface area contributed by atoms with Crippen molar-refractivity contribution in [1.82, 2.24) is 10.6 Å². The number of nitrogens with one attached hydrogen (secondary N) is 2. The van der Waals surface area contributed by atoms with Crippen LogP contribution in [0.15, 0.2) is 12.7 Å². The molecule has 0 aromatic carbocycles. The minimum Gasteiger partial charge on any atom is -0.480 e. The zero-order chi connectivity index (χ0) is 14.2.